The van der Waals surface area contributed by atoms with Crippen molar-refractivity contribution in [1.82, 2.24) is 14.5 Å². The van der Waals surface area contributed by atoms with Crippen LogP contribution in [0.4, 0.5) is 0 Å². The number of hydrogen-bond acceptors (Lipinski definition) is 2. The van der Waals surface area contributed by atoms with Crippen LogP contribution in [0.5, 0.6) is 0 Å². The molecule has 2 heterocycles. The van der Waals surface area contributed by atoms with Gasteiger partial charge in [0.25, 0.3) is 0 Å². The molecule has 0 atom stereocenters. The van der Waals surface area contributed by atoms with E-state index < -0.39 is 0 Å². The summed E-state index contributed by atoms with van der Waals surface area (Å²) < 4.78 is 4.30. The SMILES string of the molecule is Brc1ccc(Cc2c(Br)c3ccccc3n2-c2ncccn2)cc1. The van der Waals surface area contributed by atoms with Gasteiger partial charge < -0.3 is 0 Å². The van der Waals surface area contributed by atoms with Crippen molar-refractivity contribution in [2.75, 3.05) is 0 Å². The molecule has 0 fully saturated rings. The number of hydrogen-bond donors (Lipinski definition) is 0. The van der Waals surface area contributed by atoms with Gasteiger partial charge >= 0.3 is 0 Å². The molecule has 0 aliphatic rings. The first-order valence-corrected chi connectivity index (χ1v) is 9.12. The highest BCUT2D eigenvalue weighted by molar-refractivity contribution is 9.11. The lowest BCUT2D eigenvalue weighted by Crippen LogP contribution is -2.05. The molecule has 2 aromatic carbocycles. The Hall–Kier alpha value is -1.98. The van der Waals surface area contributed by atoms with E-state index in [1.54, 1.807) is 12.4 Å². The minimum atomic E-state index is 0.687. The minimum Gasteiger partial charge on any atom is -0.281 e. The van der Waals surface area contributed by atoms with Crippen LogP contribution < -0.4 is 0 Å². The molecule has 0 saturated heterocycles. The highest BCUT2D eigenvalue weighted by atomic mass is 79.9. The van der Waals surface area contributed by atoms with Crippen LogP contribution in [0, 0.1) is 0 Å². The van der Waals surface area contributed by atoms with Gasteiger partial charge in [-0.05, 0) is 45.8 Å². The zero-order valence-corrected chi connectivity index (χ0v) is 15.8. The second kappa shape index (κ2) is 6.49. The van der Waals surface area contributed by atoms with E-state index in [4.69, 9.17) is 0 Å². The number of aromatic nitrogens is 3. The van der Waals surface area contributed by atoms with Gasteiger partial charge in [0.05, 0.1) is 5.52 Å². The maximum Gasteiger partial charge on any atom is 0.234 e. The average molecular weight is 443 g/mol. The van der Waals surface area contributed by atoms with Crippen LogP contribution in [0.3, 0.4) is 0 Å². The van der Waals surface area contributed by atoms with Crippen molar-refractivity contribution < 1.29 is 0 Å². The summed E-state index contributed by atoms with van der Waals surface area (Å²) in [6.45, 7) is 0. The largest absolute Gasteiger partial charge is 0.281 e. The maximum atomic E-state index is 4.45. The van der Waals surface area contributed by atoms with Crippen LogP contribution in [0.1, 0.15) is 11.3 Å². The molecule has 0 unspecified atom stereocenters. The average Bonchev–Trinajstić information content (AvgIpc) is 2.90. The van der Waals surface area contributed by atoms with E-state index in [0.717, 1.165) is 32.0 Å². The first-order chi connectivity index (χ1) is 11.7. The Morgan fingerprint density at radius 2 is 1.54 bits per heavy atom. The third kappa shape index (κ3) is 2.78. The molecule has 0 amide bonds. The fourth-order valence-electron chi connectivity index (χ4n) is 2.84. The van der Waals surface area contributed by atoms with Gasteiger partial charge in [-0.2, -0.15) is 0 Å². The second-order valence-corrected chi connectivity index (χ2v) is 7.17. The summed E-state index contributed by atoms with van der Waals surface area (Å²) in [5, 5.41) is 1.16. The van der Waals surface area contributed by atoms with Crippen molar-refractivity contribution in [3.63, 3.8) is 0 Å². The fraction of sp³-hybridized carbons (Fsp3) is 0.0526. The molecular weight excluding hydrogens is 430 g/mol. The predicted molar refractivity (Wildman–Crippen MR) is 104 cm³/mol. The van der Waals surface area contributed by atoms with E-state index in [2.05, 4.69) is 82.8 Å². The van der Waals surface area contributed by atoms with Gasteiger partial charge in [-0.1, -0.05) is 46.3 Å². The number of benzene rings is 2. The summed E-state index contributed by atoms with van der Waals surface area (Å²) >= 11 is 7.28. The van der Waals surface area contributed by atoms with Gasteiger partial charge in [0.15, 0.2) is 0 Å². The molecular formula is C19H13Br2N3. The summed E-state index contributed by atoms with van der Waals surface area (Å²) in [5.74, 6) is 0.687. The number of nitrogens with zero attached hydrogens (tertiary/aromatic N) is 3. The van der Waals surface area contributed by atoms with Crippen molar-refractivity contribution in [2.24, 2.45) is 0 Å². The highest BCUT2D eigenvalue weighted by Crippen LogP contribution is 2.34. The van der Waals surface area contributed by atoms with E-state index in [0.29, 0.717) is 5.95 Å². The summed E-state index contributed by atoms with van der Waals surface area (Å²) in [7, 11) is 0. The molecule has 24 heavy (non-hydrogen) atoms. The molecule has 4 rings (SSSR count). The molecule has 118 valence electrons. The van der Waals surface area contributed by atoms with Crippen LogP contribution in [0.15, 0.2) is 75.9 Å². The van der Waals surface area contributed by atoms with E-state index in [9.17, 15) is 0 Å². The summed E-state index contributed by atoms with van der Waals surface area (Å²) in [6, 6.07) is 18.5. The van der Waals surface area contributed by atoms with Crippen LogP contribution in [-0.4, -0.2) is 14.5 Å². The Kier molecular flexibility index (Phi) is 4.21. The molecule has 0 bridgehead atoms. The molecule has 0 N–H and O–H groups in total. The molecule has 5 heteroatoms. The summed E-state index contributed by atoms with van der Waals surface area (Å²) in [4.78, 5) is 8.90. The second-order valence-electron chi connectivity index (χ2n) is 5.47. The zero-order chi connectivity index (χ0) is 16.5. The molecule has 3 nitrogen and oxygen atoms in total. The third-order valence-corrected chi connectivity index (χ3v) is 5.36. The molecule has 0 saturated carbocycles. The Morgan fingerprint density at radius 1 is 0.833 bits per heavy atom. The Bertz CT molecular complexity index is 992. The normalized spacial score (nSPS) is 11.1. The standard InChI is InChI=1S/C19H13Br2N3/c20-14-8-6-13(7-9-14)12-17-18(21)15-4-1-2-5-16(15)24(17)19-22-10-3-11-23-19/h1-11H,12H2. The van der Waals surface area contributed by atoms with Crippen LogP contribution >= 0.6 is 31.9 Å². The van der Waals surface area contributed by atoms with Crippen molar-refractivity contribution >= 4 is 42.8 Å². The topological polar surface area (TPSA) is 30.7 Å². The molecule has 4 aromatic rings. The molecule has 2 aromatic heterocycles. The van der Waals surface area contributed by atoms with Crippen molar-refractivity contribution in [3.8, 4) is 5.95 Å². The van der Waals surface area contributed by atoms with E-state index in [1.165, 1.54) is 5.56 Å². The van der Waals surface area contributed by atoms with Crippen molar-refractivity contribution in [3.05, 3.63) is 87.2 Å². The van der Waals surface area contributed by atoms with E-state index >= 15 is 0 Å². The summed E-state index contributed by atoms with van der Waals surface area (Å²) in [6.07, 6.45) is 4.34. The van der Waals surface area contributed by atoms with Crippen molar-refractivity contribution in [2.45, 2.75) is 6.42 Å². The van der Waals surface area contributed by atoms with Gasteiger partial charge in [0.1, 0.15) is 0 Å². The number of fused-ring (bicyclic) bond motifs is 1. The maximum absolute atomic E-state index is 4.45. The smallest absolute Gasteiger partial charge is 0.234 e. The van der Waals surface area contributed by atoms with Crippen molar-refractivity contribution in [1.29, 1.82) is 0 Å². The number of rotatable bonds is 3. The lowest BCUT2D eigenvalue weighted by molar-refractivity contribution is 0.895. The van der Waals surface area contributed by atoms with E-state index in [1.807, 2.05) is 18.2 Å². The fourth-order valence-corrected chi connectivity index (χ4v) is 3.76. The molecule has 0 radical (unpaired) electrons. The van der Waals surface area contributed by atoms with Crippen LogP contribution in [0.2, 0.25) is 0 Å². The molecule has 0 spiro atoms. The Morgan fingerprint density at radius 3 is 2.29 bits per heavy atom. The highest BCUT2D eigenvalue weighted by Gasteiger charge is 2.18. The monoisotopic (exact) mass is 441 g/mol. The summed E-state index contributed by atoms with van der Waals surface area (Å²) in [5.41, 5.74) is 3.48. The predicted octanol–water partition coefficient (Wildman–Crippen LogP) is 5.54. The van der Waals surface area contributed by atoms with Crippen LogP contribution in [0.25, 0.3) is 16.9 Å². The lowest BCUT2D eigenvalue weighted by Gasteiger charge is -2.09. The van der Waals surface area contributed by atoms with Gasteiger partial charge in [0, 0.05) is 38.8 Å². The quantitative estimate of drug-likeness (QED) is 0.417. The lowest BCUT2D eigenvalue weighted by atomic mass is 10.1. The van der Waals surface area contributed by atoms with Crippen LogP contribution in [-0.2, 0) is 6.42 Å². The van der Waals surface area contributed by atoms with Gasteiger partial charge in [-0.3, -0.25) is 4.57 Å². The molecule has 0 aliphatic heterocycles. The molecule has 0 aliphatic carbocycles. The van der Waals surface area contributed by atoms with Gasteiger partial charge in [-0.25, -0.2) is 9.97 Å². The zero-order valence-electron chi connectivity index (χ0n) is 12.7. The minimum absolute atomic E-state index is 0.687. The Balaban J connectivity index is 1.93. The number of halogens is 2. The third-order valence-electron chi connectivity index (χ3n) is 3.94. The number of para-hydroxylation sites is 1. The van der Waals surface area contributed by atoms with E-state index in [-0.39, 0.29) is 0 Å². The van der Waals surface area contributed by atoms with Gasteiger partial charge in [-0.15, -0.1) is 0 Å². The van der Waals surface area contributed by atoms with Gasteiger partial charge in [0.2, 0.25) is 5.95 Å². The first kappa shape index (κ1) is 15.5. The first-order valence-electron chi connectivity index (χ1n) is 7.53. The Labute approximate surface area is 156 Å².